The van der Waals surface area contributed by atoms with Crippen LogP contribution in [0.3, 0.4) is 0 Å². The SMILES string of the molecule is [Ti].c1ccc([C-](c2ccccc2)c2ccccc2)cc1. The van der Waals surface area contributed by atoms with E-state index >= 15 is 0 Å². The summed E-state index contributed by atoms with van der Waals surface area (Å²) in [6.45, 7) is 0. The van der Waals surface area contributed by atoms with Gasteiger partial charge in [0.15, 0.2) is 0 Å². The van der Waals surface area contributed by atoms with Gasteiger partial charge in [-0.1, -0.05) is 114 Å². The van der Waals surface area contributed by atoms with Crippen LogP contribution in [0, 0.1) is 5.92 Å². The molecule has 0 spiro atoms. The summed E-state index contributed by atoms with van der Waals surface area (Å²) in [4.78, 5) is 0. The van der Waals surface area contributed by atoms with E-state index in [0.29, 0.717) is 0 Å². The van der Waals surface area contributed by atoms with E-state index in [0.717, 1.165) is 0 Å². The molecule has 0 amide bonds. The molecule has 0 nitrogen and oxygen atoms in total. The van der Waals surface area contributed by atoms with Gasteiger partial charge >= 0.3 is 0 Å². The molecule has 3 aromatic carbocycles. The van der Waals surface area contributed by atoms with Crippen LogP contribution in [-0.2, 0) is 21.7 Å². The fourth-order valence-corrected chi connectivity index (χ4v) is 2.31. The molecule has 0 aromatic heterocycles. The predicted octanol–water partition coefficient (Wildman–Crippen LogP) is 4.70. The summed E-state index contributed by atoms with van der Waals surface area (Å²) < 4.78 is 0. The summed E-state index contributed by atoms with van der Waals surface area (Å²) in [5, 5.41) is 0. The zero-order valence-electron chi connectivity index (χ0n) is 11.2. The number of hydrogen-bond acceptors (Lipinski definition) is 0. The first kappa shape index (κ1) is 14.6. The van der Waals surface area contributed by atoms with Crippen LogP contribution >= 0.6 is 0 Å². The standard InChI is InChI=1S/C19H15.Ti/c1-4-10-16(11-5-1)19(17-12-6-2-7-13-17)18-14-8-3-9-15-18;/h1-15H;/q-1;. The molecule has 20 heavy (non-hydrogen) atoms. The minimum absolute atomic E-state index is 0. The Kier molecular flexibility index (Phi) is 5.23. The summed E-state index contributed by atoms with van der Waals surface area (Å²) >= 11 is 0. The molecule has 0 atom stereocenters. The molecule has 0 N–H and O–H groups in total. The van der Waals surface area contributed by atoms with Gasteiger partial charge in [-0.25, -0.2) is 0 Å². The molecule has 0 heterocycles. The topological polar surface area (TPSA) is 0 Å². The van der Waals surface area contributed by atoms with E-state index in [9.17, 15) is 0 Å². The molecule has 0 aliphatic heterocycles. The van der Waals surface area contributed by atoms with Gasteiger partial charge in [-0.3, -0.25) is 0 Å². The van der Waals surface area contributed by atoms with Crippen molar-refractivity contribution in [1.29, 1.82) is 0 Å². The molecule has 0 bridgehead atoms. The Balaban J connectivity index is 0.00000147. The van der Waals surface area contributed by atoms with E-state index < -0.39 is 0 Å². The Hall–Kier alpha value is -1.76. The van der Waals surface area contributed by atoms with Crippen molar-refractivity contribution in [3.8, 4) is 0 Å². The van der Waals surface area contributed by atoms with Crippen molar-refractivity contribution < 1.29 is 21.7 Å². The smallest absolute Gasteiger partial charge is 0 e. The number of hydrogen-bond donors (Lipinski definition) is 0. The minimum atomic E-state index is 0. The average Bonchev–Trinajstić information content (AvgIpc) is 2.51. The molecular weight excluding hydrogens is 276 g/mol. The largest absolute Gasteiger partial charge is 0.0999 e. The molecule has 3 rings (SSSR count). The fourth-order valence-electron chi connectivity index (χ4n) is 2.31. The minimum Gasteiger partial charge on any atom is -0.0999 e. The van der Waals surface area contributed by atoms with Gasteiger partial charge in [0.1, 0.15) is 0 Å². The van der Waals surface area contributed by atoms with E-state index in [1.165, 1.54) is 22.6 Å². The molecular formula is C19H15Ti-. The van der Waals surface area contributed by atoms with Gasteiger partial charge < -0.3 is 0 Å². The maximum absolute atomic E-state index is 2.16. The Bertz CT molecular complexity index is 524. The van der Waals surface area contributed by atoms with Crippen LogP contribution < -0.4 is 0 Å². The van der Waals surface area contributed by atoms with Crippen molar-refractivity contribution in [2.45, 2.75) is 0 Å². The van der Waals surface area contributed by atoms with Crippen molar-refractivity contribution in [3.63, 3.8) is 0 Å². The molecule has 96 valence electrons. The summed E-state index contributed by atoms with van der Waals surface area (Å²) in [5.74, 6) is 1.28. The molecule has 0 saturated heterocycles. The quantitative estimate of drug-likeness (QED) is 0.372. The van der Waals surface area contributed by atoms with Gasteiger partial charge in [0, 0.05) is 21.7 Å². The third kappa shape index (κ3) is 3.22. The maximum atomic E-state index is 2.16. The van der Waals surface area contributed by atoms with Crippen molar-refractivity contribution >= 4 is 0 Å². The van der Waals surface area contributed by atoms with E-state index in [2.05, 4.69) is 91.0 Å². The maximum Gasteiger partial charge on any atom is 0 e. The summed E-state index contributed by atoms with van der Waals surface area (Å²) in [6, 6.07) is 31.6. The van der Waals surface area contributed by atoms with Crippen LogP contribution in [0.1, 0.15) is 16.7 Å². The predicted molar refractivity (Wildman–Crippen MR) is 79.9 cm³/mol. The van der Waals surface area contributed by atoms with Crippen molar-refractivity contribution in [2.75, 3.05) is 0 Å². The van der Waals surface area contributed by atoms with E-state index in [-0.39, 0.29) is 21.7 Å². The Labute approximate surface area is 135 Å². The van der Waals surface area contributed by atoms with Crippen LogP contribution in [0.4, 0.5) is 0 Å². The van der Waals surface area contributed by atoms with Crippen LogP contribution in [0.25, 0.3) is 0 Å². The van der Waals surface area contributed by atoms with Crippen molar-refractivity contribution in [1.82, 2.24) is 0 Å². The summed E-state index contributed by atoms with van der Waals surface area (Å²) in [5.41, 5.74) is 3.75. The van der Waals surface area contributed by atoms with Gasteiger partial charge in [0.2, 0.25) is 0 Å². The van der Waals surface area contributed by atoms with Gasteiger partial charge in [-0.2, -0.15) is 0 Å². The fraction of sp³-hybridized carbons (Fsp3) is 0. The summed E-state index contributed by atoms with van der Waals surface area (Å²) in [7, 11) is 0. The second-order valence-corrected chi connectivity index (χ2v) is 4.47. The number of benzene rings is 3. The van der Waals surface area contributed by atoms with Crippen LogP contribution in [-0.4, -0.2) is 0 Å². The zero-order valence-corrected chi connectivity index (χ0v) is 12.7. The monoisotopic (exact) mass is 291 g/mol. The van der Waals surface area contributed by atoms with E-state index in [1.54, 1.807) is 0 Å². The zero-order chi connectivity index (χ0) is 12.9. The van der Waals surface area contributed by atoms with Crippen LogP contribution in [0.5, 0.6) is 0 Å². The molecule has 3 aromatic rings. The van der Waals surface area contributed by atoms with E-state index in [1.807, 2.05) is 0 Å². The van der Waals surface area contributed by atoms with Crippen molar-refractivity contribution in [3.05, 3.63) is 114 Å². The normalized spacial score (nSPS) is 9.60. The average molecular weight is 291 g/mol. The van der Waals surface area contributed by atoms with Crippen LogP contribution in [0.2, 0.25) is 0 Å². The Morgan fingerprint density at radius 1 is 0.400 bits per heavy atom. The van der Waals surface area contributed by atoms with Crippen LogP contribution in [0.15, 0.2) is 91.0 Å². The van der Waals surface area contributed by atoms with Gasteiger partial charge in [-0.15, -0.1) is 0 Å². The van der Waals surface area contributed by atoms with Crippen molar-refractivity contribution in [2.24, 2.45) is 0 Å². The molecule has 0 aliphatic carbocycles. The first-order valence-electron chi connectivity index (χ1n) is 6.48. The van der Waals surface area contributed by atoms with Gasteiger partial charge in [-0.05, 0) is 0 Å². The molecule has 0 unspecified atom stereocenters. The molecule has 0 saturated carbocycles. The van der Waals surface area contributed by atoms with Gasteiger partial charge in [0.25, 0.3) is 0 Å². The number of rotatable bonds is 3. The van der Waals surface area contributed by atoms with Gasteiger partial charge in [0.05, 0.1) is 0 Å². The first-order valence-corrected chi connectivity index (χ1v) is 6.48. The molecule has 0 fully saturated rings. The third-order valence-electron chi connectivity index (χ3n) is 3.19. The Morgan fingerprint density at radius 2 is 0.650 bits per heavy atom. The molecule has 1 heteroatoms. The second kappa shape index (κ2) is 7.14. The van der Waals surface area contributed by atoms with E-state index in [4.69, 9.17) is 0 Å². The third-order valence-corrected chi connectivity index (χ3v) is 3.19. The Morgan fingerprint density at radius 3 is 0.900 bits per heavy atom. The molecule has 0 radical (unpaired) electrons. The second-order valence-electron chi connectivity index (χ2n) is 4.47. The molecule has 0 aliphatic rings. The first-order chi connectivity index (χ1) is 9.45. The summed E-state index contributed by atoms with van der Waals surface area (Å²) in [6.07, 6.45) is 0.